The molecule has 1 aromatic rings. The van der Waals surface area contributed by atoms with Crippen molar-refractivity contribution in [1.29, 1.82) is 0 Å². The molecule has 1 atom stereocenters. The van der Waals surface area contributed by atoms with Crippen LogP contribution in [0.3, 0.4) is 0 Å². The first-order valence-corrected chi connectivity index (χ1v) is 6.35. The number of hydrogen-bond donors (Lipinski definition) is 2. The maximum Gasteiger partial charge on any atom is 0.418 e. The first-order valence-electron chi connectivity index (χ1n) is 5.56. The number of halogens is 4. The molecule has 0 aliphatic rings. The van der Waals surface area contributed by atoms with Crippen LogP contribution in [-0.4, -0.2) is 11.9 Å². The third-order valence-electron chi connectivity index (χ3n) is 2.57. The van der Waals surface area contributed by atoms with Crippen molar-refractivity contribution in [3.8, 4) is 0 Å². The molecule has 0 aliphatic carbocycles. The number of nitrogens with two attached hydrogens (primary N) is 1. The van der Waals surface area contributed by atoms with E-state index >= 15 is 0 Å². The largest absolute Gasteiger partial charge is 0.418 e. The lowest BCUT2D eigenvalue weighted by Crippen LogP contribution is -2.40. The van der Waals surface area contributed by atoms with Crippen molar-refractivity contribution < 1.29 is 18.0 Å². The molecule has 106 valence electrons. The zero-order chi connectivity index (χ0) is 14.8. The lowest BCUT2D eigenvalue weighted by Gasteiger charge is -2.18. The van der Waals surface area contributed by atoms with Crippen LogP contribution in [0, 0.1) is 5.92 Å². The van der Waals surface area contributed by atoms with E-state index in [0.717, 1.165) is 6.07 Å². The van der Waals surface area contributed by atoms with Gasteiger partial charge in [0.1, 0.15) is 0 Å². The van der Waals surface area contributed by atoms with Crippen molar-refractivity contribution in [2.45, 2.75) is 26.1 Å². The van der Waals surface area contributed by atoms with Crippen LogP contribution < -0.4 is 11.1 Å². The number of alkyl halides is 3. The molecular weight excluding hydrogens is 325 g/mol. The van der Waals surface area contributed by atoms with E-state index < -0.39 is 23.7 Å². The summed E-state index contributed by atoms with van der Waals surface area (Å²) < 4.78 is 38.8. The fraction of sp³-hybridized carbons (Fsp3) is 0.417. The van der Waals surface area contributed by atoms with E-state index in [-0.39, 0.29) is 16.1 Å². The molecule has 0 radical (unpaired) electrons. The minimum atomic E-state index is -4.55. The standard InChI is InChI=1S/C12H14BrF3N2O/c1-6(2)10(17)11(19)18-9-4-3-7(13)5-8(9)12(14,15)16/h3-6,10H,17H2,1-2H3,(H,18,19)/t10-/m0/s1. The van der Waals surface area contributed by atoms with E-state index in [0.29, 0.717) is 0 Å². The van der Waals surface area contributed by atoms with E-state index in [1.807, 2.05) is 0 Å². The number of benzene rings is 1. The second-order valence-electron chi connectivity index (χ2n) is 4.45. The zero-order valence-corrected chi connectivity index (χ0v) is 12.0. The maximum absolute atomic E-state index is 12.8. The Bertz CT molecular complexity index is 475. The van der Waals surface area contributed by atoms with Gasteiger partial charge in [0.15, 0.2) is 0 Å². The van der Waals surface area contributed by atoms with Crippen molar-refractivity contribution in [3.63, 3.8) is 0 Å². The highest BCUT2D eigenvalue weighted by Crippen LogP contribution is 2.36. The first kappa shape index (κ1) is 16.0. The second kappa shape index (κ2) is 5.92. The number of nitrogens with one attached hydrogen (secondary N) is 1. The molecule has 7 heteroatoms. The van der Waals surface area contributed by atoms with Gasteiger partial charge in [-0.15, -0.1) is 0 Å². The fourth-order valence-electron chi connectivity index (χ4n) is 1.38. The number of hydrogen-bond acceptors (Lipinski definition) is 2. The normalized spacial score (nSPS) is 13.5. The molecule has 0 saturated carbocycles. The quantitative estimate of drug-likeness (QED) is 0.887. The number of carbonyl (C=O) groups excluding carboxylic acids is 1. The van der Waals surface area contributed by atoms with Crippen molar-refractivity contribution in [1.82, 2.24) is 0 Å². The first-order chi connectivity index (χ1) is 8.62. The predicted octanol–water partition coefficient (Wildman–Crippen LogP) is 3.39. The van der Waals surface area contributed by atoms with Gasteiger partial charge in [-0.3, -0.25) is 4.79 Å². The van der Waals surface area contributed by atoms with Gasteiger partial charge in [-0.1, -0.05) is 29.8 Å². The van der Waals surface area contributed by atoms with E-state index in [4.69, 9.17) is 5.73 Å². The summed E-state index contributed by atoms with van der Waals surface area (Å²) >= 11 is 2.97. The molecule has 1 amide bonds. The van der Waals surface area contributed by atoms with Crippen molar-refractivity contribution >= 4 is 27.5 Å². The molecule has 1 rings (SSSR count). The third kappa shape index (κ3) is 4.21. The van der Waals surface area contributed by atoms with Crippen LogP contribution in [0.2, 0.25) is 0 Å². The summed E-state index contributed by atoms with van der Waals surface area (Å²) in [7, 11) is 0. The molecule has 1 aromatic carbocycles. The van der Waals surface area contributed by atoms with Crippen molar-refractivity contribution in [2.75, 3.05) is 5.32 Å². The lowest BCUT2D eigenvalue weighted by atomic mass is 10.0. The summed E-state index contributed by atoms with van der Waals surface area (Å²) in [5.74, 6) is -0.799. The molecule has 19 heavy (non-hydrogen) atoms. The maximum atomic E-state index is 12.8. The highest BCUT2D eigenvalue weighted by molar-refractivity contribution is 9.10. The van der Waals surface area contributed by atoms with Gasteiger partial charge in [-0.25, -0.2) is 0 Å². The van der Waals surface area contributed by atoms with Gasteiger partial charge in [-0.2, -0.15) is 13.2 Å². The molecule has 3 nitrogen and oxygen atoms in total. The molecule has 0 unspecified atom stereocenters. The van der Waals surface area contributed by atoms with Crippen LogP contribution >= 0.6 is 15.9 Å². The second-order valence-corrected chi connectivity index (χ2v) is 5.36. The Morgan fingerprint density at radius 1 is 1.37 bits per heavy atom. The zero-order valence-electron chi connectivity index (χ0n) is 10.4. The summed E-state index contributed by atoms with van der Waals surface area (Å²) in [5, 5.41) is 2.22. The predicted molar refractivity (Wildman–Crippen MR) is 70.6 cm³/mol. The van der Waals surface area contributed by atoms with Crippen LogP contribution in [0.15, 0.2) is 22.7 Å². The summed E-state index contributed by atoms with van der Waals surface area (Å²) in [6.07, 6.45) is -4.55. The van der Waals surface area contributed by atoms with Gasteiger partial charge in [-0.05, 0) is 24.1 Å². The molecule has 0 aromatic heterocycles. The molecule has 3 N–H and O–H groups in total. The number of carbonyl (C=O) groups is 1. The highest BCUT2D eigenvalue weighted by atomic mass is 79.9. The Kier molecular flexibility index (Phi) is 4.98. The van der Waals surface area contributed by atoms with E-state index in [2.05, 4.69) is 21.2 Å². The minimum Gasteiger partial charge on any atom is -0.324 e. The van der Waals surface area contributed by atoms with Crippen LogP contribution in [-0.2, 0) is 11.0 Å². The lowest BCUT2D eigenvalue weighted by molar-refractivity contribution is -0.137. The van der Waals surface area contributed by atoms with E-state index in [1.54, 1.807) is 13.8 Å². The van der Waals surface area contributed by atoms with Gasteiger partial charge in [0.05, 0.1) is 17.3 Å². The average Bonchev–Trinajstić information content (AvgIpc) is 2.28. The number of anilines is 1. The van der Waals surface area contributed by atoms with Crippen LogP contribution in [0.1, 0.15) is 19.4 Å². The van der Waals surface area contributed by atoms with Crippen molar-refractivity contribution in [2.24, 2.45) is 11.7 Å². The number of amides is 1. The van der Waals surface area contributed by atoms with Crippen LogP contribution in [0.5, 0.6) is 0 Å². The molecule has 0 aliphatic heterocycles. The number of rotatable bonds is 3. The Hall–Kier alpha value is -1.08. The van der Waals surface area contributed by atoms with Gasteiger partial charge in [0, 0.05) is 4.47 Å². The van der Waals surface area contributed by atoms with E-state index in [1.165, 1.54) is 12.1 Å². The summed E-state index contributed by atoms with van der Waals surface area (Å²) in [6, 6.07) is 2.67. The molecule has 0 saturated heterocycles. The summed E-state index contributed by atoms with van der Waals surface area (Å²) in [6.45, 7) is 3.44. The monoisotopic (exact) mass is 338 g/mol. The summed E-state index contributed by atoms with van der Waals surface area (Å²) in [4.78, 5) is 11.7. The van der Waals surface area contributed by atoms with Crippen LogP contribution in [0.4, 0.5) is 18.9 Å². The molecule has 0 heterocycles. The summed E-state index contributed by atoms with van der Waals surface area (Å²) in [5.41, 5.74) is 4.39. The third-order valence-corrected chi connectivity index (χ3v) is 3.06. The average molecular weight is 339 g/mol. The van der Waals surface area contributed by atoms with Gasteiger partial charge in [0.25, 0.3) is 0 Å². The SMILES string of the molecule is CC(C)[C@H](N)C(=O)Nc1ccc(Br)cc1C(F)(F)F. The highest BCUT2D eigenvalue weighted by Gasteiger charge is 2.34. The Balaban J connectivity index is 3.05. The van der Waals surface area contributed by atoms with E-state index in [9.17, 15) is 18.0 Å². The topological polar surface area (TPSA) is 55.1 Å². The fourth-order valence-corrected chi connectivity index (χ4v) is 1.74. The van der Waals surface area contributed by atoms with Gasteiger partial charge in [0.2, 0.25) is 5.91 Å². The molecule has 0 fully saturated rings. The van der Waals surface area contributed by atoms with Crippen molar-refractivity contribution in [3.05, 3.63) is 28.2 Å². The van der Waals surface area contributed by atoms with Gasteiger partial charge >= 0.3 is 6.18 Å². The van der Waals surface area contributed by atoms with Crippen LogP contribution in [0.25, 0.3) is 0 Å². The minimum absolute atomic E-state index is 0.162. The Labute approximate surface area is 117 Å². The molecule has 0 bridgehead atoms. The Morgan fingerprint density at radius 3 is 2.42 bits per heavy atom. The smallest absolute Gasteiger partial charge is 0.324 e. The van der Waals surface area contributed by atoms with Gasteiger partial charge < -0.3 is 11.1 Å². The Morgan fingerprint density at radius 2 is 1.95 bits per heavy atom. The molecular formula is C12H14BrF3N2O. The molecule has 0 spiro atoms.